The zero-order valence-corrected chi connectivity index (χ0v) is 16.4. The van der Waals surface area contributed by atoms with Gasteiger partial charge in [0, 0.05) is 23.9 Å². The maximum Gasteiger partial charge on any atom is 0.191 e. The fourth-order valence-electron chi connectivity index (χ4n) is 2.92. The second-order valence-electron chi connectivity index (χ2n) is 7.00. The predicted octanol–water partition coefficient (Wildman–Crippen LogP) is 2.93. The number of guanidine groups is 1. The van der Waals surface area contributed by atoms with E-state index >= 15 is 0 Å². The lowest BCUT2D eigenvalue weighted by atomic mass is 9.89. The molecule has 128 valence electrons. The minimum Gasteiger partial charge on any atom is -0.380 e. The van der Waals surface area contributed by atoms with Crippen LogP contribution in [0.15, 0.2) is 35.3 Å². The molecule has 1 aliphatic carbocycles. The Kier molecular flexibility index (Phi) is 6.31. The van der Waals surface area contributed by atoms with E-state index in [1.807, 2.05) is 0 Å². The highest BCUT2D eigenvalue weighted by molar-refractivity contribution is 14.0. The molecule has 4 nitrogen and oxygen atoms in total. The van der Waals surface area contributed by atoms with Crippen LogP contribution in [0.5, 0.6) is 0 Å². The number of aliphatic imine (C=N–C) groups is 1. The van der Waals surface area contributed by atoms with Crippen LogP contribution < -0.4 is 10.6 Å². The lowest BCUT2D eigenvalue weighted by molar-refractivity contribution is -0.0945. The van der Waals surface area contributed by atoms with Crippen LogP contribution in [0, 0.1) is 5.41 Å². The van der Waals surface area contributed by atoms with E-state index in [1.54, 1.807) is 0 Å². The lowest BCUT2D eigenvalue weighted by Gasteiger charge is -2.36. The summed E-state index contributed by atoms with van der Waals surface area (Å²) in [6.07, 6.45) is 2.52. The summed E-state index contributed by atoms with van der Waals surface area (Å²) >= 11 is 0. The molecule has 2 N–H and O–H groups in total. The Morgan fingerprint density at radius 3 is 2.39 bits per heavy atom. The monoisotopic (exact) mass is 429 g/mol. The molecule has 3 rings (SSSR count). The van der Waals surface area contributed by atoms with Gasteiger partial charge in [-0.3, -0.25) is 4.99 Å². The Morgan fingerprint density at radius 1 is 1.17 bits per heavy atom. The minimum atomic E-state index is 0. The molecule has 0 radical (unpaired) electrons. The largest absolute Gasteiger partial charge is 0.380 e. The molecule has 0 amide bonds. The standard InChI is InChI=1S/C18H27N3O.HI/c1-3-19-16(20-11-17(2)13-22-14-17)21-12-18(9-10-18)15-7-5-4-6-8-15;/h4-8H,3,9-14H2,1-2H3,(H2,19,20,21);1H. The minimum absolute atomic E-state index is 0. The Bertz CT molecular complexity index is 524. The number of rotatable bonds is 6. The molecule has 2 aliphatic rings. The Balaban J connectivity index is 0.00000192. The van der Waals surface area contributed by atoms with Crippen LogP contribution in [0.25, 0.3) is 0 Å². The van der Waals surface area contributed by atoms with Crippen molar-refractivity contribution >= 4 is 29.9 Å². The molecule has 0 unspecified atom stereocenters. The van der Waals surface area contributed by atoms with E-state index in [1.165, 1.54) is 18.4 Å². The van der Waals surface area contributed by atoms with E-state index in [2.05, 4.69) is 54.8 Å². The molecular formula is C18H28IN3O. The van der Waals surface area contributed by atoms with Gasteiger partial charge in [0.2, 0.25) is 0 Å². The summed E-state index contributed by atoms with van der Waals surface area (Å²) in [7, 11) is 0. The molecule has 1 saturated heterocycles. The number of benzene rings is 1. The maximum atomic E-state index is 5.30. The lowest BCUT2D eigenvalue weighted by Crippen LogP contribution is -2.45. The molecular weight excluding hydrogens is 401 g/mol. The van der Waals surface area contributed by atoms with Crippen molar-refractivity contribution in [2.75, 3.05) is 32.8 Å². The maximum absolute atomic E-state index is 5.30. The highest BCUT2D eigenvalue weighted by Crippen LogP contribution is 2.47. The quantitative estimate of drug-likeness (QED) is 0.415. The van der Waals surface area contributed by atoms with Crippen LogP contribution in [-0.2, 0) is 10.2 Å². The van der Waals surface area contributed by atoms with Gasteiger partial charge in [0.1, 0.15) is 0 Å². The summed E-state index contributed by atoms with van der Waals surface area (Å²) in [6, 6.07) is 10.8. The van der Waals surface area contributed by atoms with Crippen molar-refractivity contribution in [3.63, 3.8) is 0 Å². The van der Waals surface area contributed by atoms with Gasteiger partial charge in [-0.25, -0.2) is 0 Å². The highest BCUT2D eigenvalue weighted by Gasteiger charge is 2.44. The van der Waals surface area contributed by atoms with Crippen molar-refractivity contribution in [1.29, 1.82) is 0 Å². The van der Waals surface area contributed by atoms with Crippen molar-refractivity contribution < 1.29 is 4.74 Å². The third kappa shape index (κ3) is 4.59. The topological polar surface area (TPSA) is 45.7 Å². The SMILES string of the molecule is CCNC(=NCC1(C)COC1)NCC1(c2ccccc2)CC1.I. The normalized spacial score (nSPS) is 20.9. The van der Waals surface area contributed by atoms with E-state index in [-0.39, 0.29) is 29.4 Å². The van der Waals surface area contributed by atoms with E-state index in [0.717, 1.165) is 38.8 Å². The highest BCUT2D eigenvalue weighted by atomic mass is 127. The smallest absolute Gasteiger partial charge is 0.191 e. The van der Waals surface area contributed by atoms with E-state index < -0.39 is 0 Å². The number of halogens is 1. The van der Waals surface area contributed by atoms with E-state index in [9.17, 15) is 0 Å². The summed E-state index contributed by atoms with van der Waals surface area (Å²) < 4.78 is 5.30. The summed E-state index contributed by atoms with van der Waals surface area (Å²) in [4.78, 5) is 4.75. The zero-order valence-electron chi connectivity index (χ0n) is 14.1. The van der Waals surface area contributed by atoms with Crippen LogP contribution in [0.1, 0.15) is 32.3 Å². The first-order valence-corrected chi connectivity index (χ1v) is 8.31. The zero-order chi connectivity index (χ0) is 15.5. The first kappa shape index (κ1) is 18.5. The molecule has 0 atom stereocenters. The Labute approximate surface area is 156 Å². The number of nitrogens with zero attached hydrogens (tertiary/aromatic N) is 1. The van der Waals surface area contributed by atoms with Gasteiger partial charge in [0.05, 0.1) is 19.8 Å². The third-order valence-corrected chi connectivity index (χ3v) is 4.70. The van der Waals surface area contributed by atoms with Crippen LogP contribution >= 0.6 is 24.0 Å². The second kappa shape index (κ2) is 7.83. The average molecular weight is 429 g/mol. The molecule has 23 heavy (non-hydrogen) atoms. The van der Waals surface area contributed by atoms with Gasteiger partial charge in [0.25, 0.3) is 0 Å². The molecule has 5 heteroatoms. The van der Waals surface area contributed by atoms with E-state index in [4.69, 9.17) is 9.73 Å². The van der Waals surface area contributed by atoms with Crippen LogP contribution in [-0.4, -0.2) is 38.8 Å². The van der Waals surface area contributed by atoms with Crippen molar-refractivity contribution in [2.45, 2.75) is 32.1 Å². The number of ether oxygens (including phenoxy) is 1. The molecule has 1 saturated carbocycles. The third-order valence-electron chi connectivity index (χ3n) is 4.70. The van der Waals surface area contributed by atoms with Crippen molar-refractivity contribution in [3.05, 3.63) is 35.9 Å². The van der Waals surface area contributed by atoms with Gasteiger partial charge in [-0.15, -0.1) is 24.0 Å². The Hall–Kier alpha value is -0.820. The number of hydrogen-bond donors (Lipinski definition) is 2. The molecule has 2 fully saturated rings. The number of hydrogen-bond acceptors (Lipinski definition) is 2. The fourth-order valence-corrected chi connectivity index (χ4v) is 2.92. The first-order valence-electron chi connectivity index (χ1n) is 8.31. The summed E-state index contributed by atoms with van der Waals surface area (Å²) in [6.45, 7) is 8.65. The van der Waals surface area contributed by atoms with E-state index in [0.29, 0.717) is 5.41 Å². The molecule has 1 aromatic rings. The molecule has 1 aromatic carbocycles. The Morgan fingerprint density at radius 2 is 1.87 bits per heavy atom. The summed E-state index contributed by atoms with van der Waals surface area (Å²) in [5.41, 5.74) is 1.97. The van der Waals surface area contributed by atoms with Crippen LogP contribution in [0.2, 0.25) is 0 Å². The molecule has 0 bridgehead atoms. The van der Waals surface area contributed by atoms with Crippen molar-refractivity contribution in [2.24, 2.45) is 10.4 Å². The average Bonchev–Trinajstić information content (AvgIpc) is 3.30. The van der Waals surface area contributed by atoms with Crippen LogP contribution in [0.3, 0.4) is 0 Å². The molecule has 0 spiro atoms. The second-order valence-corrected chi connectivity index (χ2v) is 7.00. The predicted molar refractivity (Wildman–Crippen MR) is 106 cm³/mol. The van der Waals surface area contributed by atoms with Crippen molar-refractivity contribution in [1.82, 2.24) is 10.6 Å². The van der Waals surface area contributed by atoms with Crippen molar-refractivity contribution in [3.8, 4) is 0 Å². The van der Waals surface area contributed by atoms with Gasteiger partial charge in [0.15, 0.2) is 5.96 Å². The summed E-state index contributed by atoms with van der Waals surface area (Å²) in [5, 5.41) is 6.89. The molecule has 1 aliphatic heterocycles. The first-order chi connectivity index (χ1) is 10.7. The van der Waals surface area contributed by atoms with Crippen LogP contribution in [0.4, 0.5) is 0 Å². The number of nitrogens with one attached hydrogen (secondary N) is 2. The van der Waals surface area contributed by atoms with Gasteiger partial charge in [-0.2, -0.15) is 0 Å². The fraction of sp³-hybridized carbons (Fsp3) is 0.611. The molecule has 1 heterocycles. The van der Waals surface area contributed by atoms with Gasteiger partial charge in [-0.05, 0) is 25.3 Å². The van der Waals surface area contributed by atoms with Gasteiger partial charge < -0.3 is 15.4 Å². The van der Waals surface area contributed by atoms with Gasteiger partial charge in [-0.1, -0.05) is 37.3 Å². The van der Waals surface area contributed by atoms with Gasteiger partial charge >= 0.3 is 0 Å². The summed E-state index contributed by atoms with van der Waals surface area (Å²) in [5.74, 6) is 0.929. The molecule has 0 aromatic heterocycles.